The van der Waals surface area contributed by atoms with Gasteiger partial charge in [-0.15, -0.1) is 0 Å². The lowest BCUT2D eigenvalue weighted by atomic mass is 9.86. The number of nitrogens with zero attached hydrogens (tertiary/aromatic N) is 2. The number of hydrogen-bond acceptors (Lipinski definition) is 4. The van der Waals surface area contributed by atoms with Crippen molar-refractivity contribution < 1.29 is 0 Å². The maximum absolute atomic E-state index is 4.25. The van der Waals surface area contributed by atoms with Crippen molar-refractivity contribution in [2.24, 2.45) is 5.92 Å². The number of nitrogens with one attached hydrogen (secondary N) is 2. The first-order valence-corrected chi connectivity index (χ1v) is 6.06. The van der Waals surface area contributed by atoms with Crippen LogP contribution in [0, 0.1) is 5.92 Å². The van der Waals surface area contributed by atoms with E-state index in [2.05, 4.69) is 27.5 Å². The van der Waals surface area contributed by atoms with Gasteiger partial charge in [-0.05, 0) is 18.8 Å². The molecule has 4 nitrogen and oxygen atoms in total. The fourth-order valence-corrected chi connectivity index (χ4v) is 2.29. The first kappa shape index (κ1) is 11.2. The summed E-state index contributed by atoms with van der Waals surface area (Å²) >= 11 is 0. The quantitative estimate of drug-likeness (QED) is 0.821. The van der Waals surface area contributed by atoms with E-state index in [-0.39, 0.29) is 0 Å². The standard InChI is InChI=1S/C12H20N4/c1-9-5-3-4-6-10(9)16-12-7-11(13-2)14-8-15-12/h7-10H,3-6H2,1-2H3,(H2,13,14,15,16)/t9-,10+/m0/s1. The Morgan fingerprint density at radius 3 is 2.69 bits per heavy atom. The van der Waals surface area contributed by atoms with E-state index in [1.54, 1.807) is 6.33 Å². The Kier molecular flexibility index (Phi) is 3.59. The van der Waals surface area contributed by atoms with E-state index in [1.165, 1.54) is 25.7 Å². The highest BCUT2D eigenvalue weighted by Gasteiger charge is 2.21. The normalized spacial score (nSPS) is 25.1. The fraction of sp³-hybridized carbons (Fsp3) is 0.667. The molecule has 0 radical (unpaired) electrons. The van der Waals surface area contributed by atoms with Crippen LogP contribution in [0.4, 0.5) is 11.6 Å². The zero-order valence-corrected chi connectivity index (χ0v) is 10.0. The lowest BCUT2D eigenvalue weighted by Gasteiger charge is -2.29. The summed E-state index contributed by atoms with van der Waals surface area (Å²) in [6.07, 6.45) is 6.86. The second-order valence-electron chi connectivity index (χ2n) is 4.55. The van der Waals surface area contributed by atoms with Crippen LogP contribution < -0.4 is 10.6 Å². The van der Waals surface area contributed by atoms with Gasteiger partial charge < -0.3 is 10.6 Å². The maximum Gasteiger partial charge on any atom is 0.131 e. The number of aromatic nitrogens is 2. The SMILES string of the molecule is CNc1cc(N[C@@H]2CCCC[C@@H]2C)ncn1. The fourth-order valence-electron chi connectivity index (χ4n) is 2.29. The minimum atomic E-state index is 0.563. The summed E-state index contributed by atoms with van der Waals surface area (Å²) in [7, 11) is 1.87. The zero-order valence-electron chi connectivity index (χ0n) is 10.0. The number of rotatable bonds is 3. The smallest absolute Gasteiger partial charge is 0.131 e. The van der Waals surface area contributed by atoms with Crippen LogP contribution in [0.5, 0.6) is 0 Å². The number of hydrogen-bond donors (Lipinski definition) is 2. The van der Waals surface area contributed by atoms with E-state index < -0.39 is 0 Å². The van der Waals surface area contributed by atoms with Crippen LogP contribution in [-0.4, -0.2) is 23.1 Å². The summed E-state index contributed by atoms with van der Waals surface area (Å²) in [6, 6.07) is 2.52. The van der Waals surface area contributed by atoms with Crippen molar-refractivity contribution in [3.05, 3.63) is 12.4 Å². The summed E-state index contributed by atoms with van der Waals surface area (Å²) in [6.45, 7) is 2.32. The molecule has 0 bridgehead atoms. The van der Waals surface area contributed by atoms with Gasteiger partial charge in [-0.25, -0.2) is 9.97 Å². The molecular formula is C12H20N4. The molecule has 16 heavy (non-hydrogen) atoms. The Labute approximate surface area is 96.9 Å². The molecule has 1 aromatic heterocycles. The summed E-state index contributed by atoms with van der Waals surface area (Å²) in [5.74, 6) is 2.53. The topological polar surface area (TPSA) is 49.8 Å². The molecule has 0 amide bonds. The van der Waals surface area contributed by atoms with Gasteiger partial charge in [0.2, 0.25) is 0 Å². The van der Waals surface area contributed by atoms with Crippen molar-refractivity contribution in [1.82, 2.24) is 9.97 Å². The van der Waals surface area contributed by atoms with E-state index in [9.17, 15) is 0 Å². The molecule has 2 N–H and O–H groups in total. The van der Waals surface area contributed by atoms with Crippen LogP contribution in [0.25, 0.3) is 0 Å². The molecular weight excluding hydrogens is 200 g/mol. The predicted octanol–water partition coefficient (Wildman–Crippen LogP) is 2.51. The molecule has 0 aromatic carbocycles. The van der Waals surface area contributed by atoms with Crippen molar-refractivity contribution in [3.63, 3.8) is 0 Å². The summed E-state index contributed by atoms with van der Waals surface area (Å²) in [5, 5.41) is 6.54. The molecule has 1 saturated carbocycles. The Balaban J connectivity index is 2.01. The molecule has 0 saturated heterocycles. The molecule has 0 aliphatic heterocycles. The van der Waals surface area contributed by atoms with Gasteiger partial charge >= 0.3 is 0 Å². The Morgan fingerprint density at radius 2 is 1.94 bits per heavy atom. The van der Waals surface area contributed by atoms with E-state index in [0.29, 0.717) is 6.04 Å². The van der Waals surface area contributed by atoms with Crippen LogP contribution in [-0.2, 0) is 0 Å². The number of anilines is 2. The molecule has 1 aliphatic carbocycles. The second-order valence-corrected chi connectivity index (χ2v) is 4.55. The van der Waals surface area contributed by atoms with Crippen molar-refractivity contribution >= 4 is 11.6 Å². The van der Waals surface area contributed by atoms with Gasteiger partial charge in [0.05, 0.1) is 0 Å². The molecule has 1 aliphatic rings. The zero-order chi connectivity index (χ0) is 11.4. The second kappa shape index (κ2) is 5.14. The first-order chi connectivity index (χ1) is 7.79. The van der Waals surface area contributed by atoms with E-state index in [1.807, 2.05) is 13.1 Å². The predicted molar refractivity (Wildman–Crippen MR) is 66.6 cm³/mol. The molecule has 2 rings (SSSR count). The summed E-state index contributed by atoms with van der Waals surface area (Å²) < 4.78 is 0. The van der Waals surface area contributed by atoms with Gasteiger partial charge in [0.1, 0.15) is 18.0 Å². The van der Waals surface area contributed by atoms with Crippen molar-refractivity contribution in [3.8, 4) is 0 Å². The highest BCUT2D eigenvalue weighted by Crippen LogP contribution is 2.26. The minimum absolute atomic E-state index is 0.563. The van der Waals surface area contributed by atoms with Gasteiger partial charge in [0, 0.05) is 19.2 Å². The van der Waals surface area contributed by atoms with Crippen molar-refractivity contribution in [2.45, 2.75) is 38.6 Å². The van der Waals surface area contributed by atoms with Crippen LogP contribution >= 0.6 is 0 Å². The molecule has 0 spiro atoms. The average Bonchev–Trinajstić information content (AvgIpc) is 2.32. The van der Waals surface area contributed by atoms with E-state index in [0.717, 1.165) is 17.6 Å². The van der Waals surface area contributed by atoms with Gasteiger partial charge in [-0.3, -0.25) is 0 Å². The third-order valence-corrected chi connectivity index (χ3v) is 3.37. The average molecular weight is 220 g/mol. The lowest BCUT2D eigenvalue weighted by Crippen LogP contribution is -2.30. The van der Waals surface area contributed by atoms with E-state index >= 15 is 0 Å². The minimum Gasteiger partial charge on any atom is -0.373 e. The van der Waals surface area contributed by atoms with Gasteiger partial charge in [-0.2, -0.15) is 0 Å². The van der Waals surface area contributed by atoms with Crippen molar-refractivity contribution in [2.75, 3.05) is 17.7 Å². The molecule has 2 atom stereocenters. The largest absolute Gasteiger partial charge is 0.373 e. The molecule has 1 fully saturated rings. The third-order valence-electron chi connectivity index (χ3n) is 3.37. The maximum atomic E-state index is 4.25. The molecule has 1 aromatic rings. The molecule has 88 valence electrons. The summed E-state index contributed by atoms with van der Waals surface area (Å²) in [4.78, 5) is 8.36. The Bertz CT molecular complexity index is 340. The van der Waals surface area contributed by atoms with E-state index in [4.69, 9.17) is 0 Å². The van der Waals surface area contributed by atoms with Gasteiger partial charge in [0.25, 0.3) is 0 Å². The highest BCUT2D eigenvalue weighted by molar-refractivity contribution is 5.46. The summed E-state index contributed by atoms with van der Waals surface area (Å²) in [5.41, 5.74) is 0. The van der Waals surface area contributed by atoms with Crippen LogP contribution in [0.2, 0.25) is 0 Å². The van der Waals surface area contributed by atoms with Crippen LogP contribution in [0.15, 0.2) is 12.4 Å². The van der Waals surface area contributed by atoms with Crippen LogP contribution in [0.3, 0.4) is 0 Å². The molecule has 4 heteroatoms. The highest BCUT2D eigenvalue weighted by atomic mass is 15.1. The first-order valence-electron chi connectivity index (χ1n) is 6.06. The Hall–Kier alpha value is -1.32. The monoisotopic (exact) mass is 220 g/mol. The molecule has 1 heterocycles. The molecule has 0 unspecified atom stereocenters. The van der Waals surface area contributed by atoms with Gasteiger partial charge in [-0.1, -0.05) is 19.8 Å². The lowest BCUT2D eigenvalue weighted by molar-refractivity contribution is 0.349. The van der Waals surface area contributed by atoms with Crippen LogP contribution in [0.1, 0.15) is 32.6 Å². The van der Waals surface area contributed by atoms with Crippen molar-refractivity contribution in [1.29, 1.82) is 0 Å². The van der Waals surface area contributed by atoms with Gasteiger partial charge in [0.15, 0.2) is 0 Å². The third kappa shape index (κ3) is 2.62. The Morgan fingerprint density at radius 1 is 1.19 bits per heavy atom.